The molecule has 0 saturated heterocycles. The molecule has 0 unspecified atom stereocenters. The van der Waals surface area contributed by atoms with Crippen molar-refractivity contribution in [2.45, 2.75) is 33.4 Å². The quantitative estimate of drug-likeness (QED) is 0.342. The fraction of sp³-hybridized carbons (Fsp3) is 0.240. The standard InChI is InChI=1S/C25H23F2NO2S/c1-14-10-17(26)11-15(2)22(14)30-21-7-6-16(25(3,4)27)12-19(21)20-13-28(5)24(29)23-18(20)8-9-31-23/h6-13H,1-5H3. The van der Waals surface area contributed by atoms with E-state index in [1.165, 1.54) is 41.9 Å². The molecular formula is C25H23F2NO2S. The van der Waals surface area contributed by atoms with E-state index in [-0.39, 0.29) is 11.4 Å². The third-order valence-electron chi connectivity index (χ3n) is 5.39. The van der Waals surface area contributed by atoms with Crippen molar-refractivity contribution in [1.29, 1.82) is 0 Å². The monoisotopic (exact) mass is 439 g/mol. The van der Waals surface area contributed by atoms with Crippen LogP contribution in [0.15, 0.2) is 52.8 Å². The lowest BCUT2D eigenvalue weighted by Crippen LogP contribution is -2.15. The molecule has 2 aromatic heterocycles. The molecule has 0 N–H and O–H groups in total. The Morgan fingerprint density at radius 2 is 1.71 bits per heavy atom. The summed E-state index contributed by atoms with van der Waals surface area (Å²) in [5.41, 5.74) is 1.65. The molecular weight excluding hydrogens is 416 g/mol. The van der Waals surface area contributed by atoms with Crippen molar-refractivity contribution in [1.82, 2.24) is 4.57 Å². The number of benzene rings is 2. The molecule has 4 rings (SSSR count). The Balaban J connectivity index is 1.98. The van der Waals surface area contributed by atoms with Gasteiger partial charge in [0.25, 0.3) is 5.56 Å². The van der Waals surface area contributed by atoms with Gasteiger partial charge in [0, 0.05) is 29.8 Å². The summed E-state index contributed by atoms with van der Waals surface area (Å²) in [6.07, 6.45) is 1.75. The fourth-order valence-corrected chi connectivity index (χ4v) is 4.64. The zero-order valence-corrected chi connectivity index (χ0v) is 18.9. The molecule has 3 nitrogen and oxygen atoms in total. The Labute approximate surface area is 183 Å². The second kappa shape index (κ2) is 7.61. The maximum absolute atomic E-state index is 14.8. The van der Waals surface area contributed by atoms with Crippen molar-refractivity contribution in [3.63, 3.8) is 0 Å². The normalized spacial score (nSPS) is 11.8. The van der Waals surface area contributed by atoms with Crippen molar-refractivity contribution < 1.29 is 13.5 Å². The molecule has 2 heterocycles. The number of pyridine rings is 1. The number of hydrogen-bond acceptors (Lipinski definition) is 3. The third-order valence-corrected chi connectivity index (χ3v) is 6.29. The molecule has 0 bridgehead atoms. The highest BCUT2D eigenvalue weighted by Crippen LogP contribution is 2.41. The van der Waals surface area contributed by atoms with Crippen LogP contribution in [0.2, 0.25) is 0 Å². The second-order valence-electron chi connectivity index (χ2n) is 8.28. The first-order valence-electron chi connectivity index (χ1n) is 9.91. The van der Waals surface area contributed by atoms with Crippen LogP contribution < -0.4 is 10.3 Å². The van der Waals surface area contributed by atoms with E-state index >= 15 is 0 Å². The van der Waals surface area contributed by atoms with Crippen molar-refractivity contribution in [3.8, 4) is 22.6 Å². The van der Waals surface area contributed by atoms with E-state index < -0.39 is 5.67 Å². The number of ether oxygens (including phenoxy) is 1. The van der Waals surface area contributed by atoms with Gasteiger partial charge in [-0.15, -0.1) is 11.3 Å². The van der Waals surface area contributed by atoms with Crippen LogP contribution in [0.5, 0.6) is 11.5 Å². The minimum Gasteiger partial charge on any atom is -0.456 e. The number of nitrogens with zero attached hydrogens (tertiary/aromatic N) is 1. The van der Waals surface area contributed by atoms with Crippen LogP contribution in [0.3, 0.4) is 0 Å². The summed E-state index contributed by atoms with van der Waals surface area (Å²) in [5, 5.41) is 2.66. The summed E-state index contributed by atoms with van der Waals surface area (Å²) >= 11 is 1.37. The Morgan fingerprint density at radius 1 is 1.03 bits per heavy atom. The van der Waals surface area contributed by atoms with Gasteiger partial charge < -0.3 is 9.30 Å². The largest absolute Gasteiger partial charge is 0.456 e. The Morgan fingerprint density at radius 3 is 2.35 bits per heavy atom. The van der Waals surface area contributed by atoms with E-state index in [0.717, 1.165) is 10.9 Å². The van der Waals surface area contributed by atoms with Gasteiger partial charge >= 0.3 is 0 Å². The van der Waals surface area contributed by atoms with E-state index in [2.05, 4.69) is 0 Å². The SMILES string of the molecule is Cc1cc(F)cc(C)c1Oc1ccc(C(C)(C)F)cc1-c1cn(C)c(=O)c2sccc12. The first-order chi connectivity index (χ1) is 14.6. The minimum absolute atomic E-state index is 0.0802. The highest BCUT2D eigenvalue weighted by Gasteiger charge is 2.23. The van der Waals surface area contributed by atoms with Crippen molar-refractivity contribution in [2.75, 3.05) is 0 Å². The molecule has 2 aromatic carbocycles. The summed E-state index contributed by atoms with van der Waals surface area (Å²) in [4.78, 5) is 12.5. The molecule has 0 aliphatic rings. The predicted molar refractivity (Wildman–Crippen MR) is 123 cm³/mol. The topological polar surface area (TPSA) is 31.2 Å². The average Bonchev–Trinajstić information content (AvgIpc) is 3.17. The molecule has 0 aliphatic carbocycles. The van der Waals surface area contributed by atoms with Crippen LogP contribution in [-0.2, 0) is 12.7 Å². The molecule has 0 fully saturated rings. The van der Waals surface area contributed by atoms with Gasteiger partial charge in [-0.05, 0) is 80.1 Å². The molecule has 0 atom stereocenters. The second-order valence-corrected chi connectivity index (χ2v) is 9.19. The Hall–Kier alpha value is -2.99. The number of alkyl halides is 1. The maximum atomic E-state index is 14.8. The van der Waals surface area contributed by atoms with Crippen molar-refractivity contribution >= 4 is 21.4 Å². The lowest BCUT2D eigenvalue weighted by Gasteiger charge is -2.20. The highest BCUT2D eigenvalue weighted by atomic mass is 32.1. The van der Waals surface area contributed by atoms with Gasteiger partial charge in [-0.1, -0.05) is 6.07 Å². The summed E-state index contributed by atoms with van der Waals surface area (Å²) in [6.45, 7) is 6.57. The molecule has 0 radical (unpaired) electrons. The number of halogens is 2. The van der Waals surface area contributed by atoms with Crippen molar-refractivity contribution in [3.05, 3.63) is 80.8 Å². The summed E-state index contributed by atoms with van der Waals surface area (Å²) < 4.78 is 37.0. The number of fused-ring (bicyclic) bond motifs is 1. The van der Waals surface area contributed by atoms with Gasteiger partial charge in [-0.3, -0.25) is 4.79 Å². The van der Waals surface area contributed by atoms with Crippen LogP contribution in [0.4, 0.5) is 8.78 Å². The third kappa shape index (κ3) is 3.88. The molecule has 4 aromatic rings. The first kappa shape index (κ1) is 21.2. The van der Waals surface area contributed by atoms with Crippen LogP contribution >= 0.6 is 11.3 Å². The van der Waals surface area contributed by atoms with E-state index in [1.807, 2.05) is 11.4 Å². The van der Waals surface area contributed by atoms with E-state index in [1.54, 1.807) is 45.3 Å². The van der Waals surface area contributed by atoms with Crippen LogP contribution in [-0.4, -0.2) is 4.57 Å². The molecule has 6 heteroatoms. The molecule has 0 aliphatic heterocycles. The number of thiophene rings is 1. The minimum atomic E-state index is -1.55. The Kier molecular flexibility index (Phi) is 5.21. The zero-order valence-electron chi connectivity index (χ0n) is 18.0. The average molecular weight is 440 g/mol. The molecule has 160 valence electrons. The predicted octanol–water partition coefficient (Wildman–Crippen LogP) is 7.02. The van der Waals surface area contributed by atoms with Crippen molar-refractivity contribution in [2.24, 2.45) is 7.05 Å². The van der Waals surface area contributed by atoms with Gasteiger partial charge in [-0.2, -0.15) is 0 Å². The smallest absolute Gasteiger partial charge is 0.268 e. The van der Waals surface area contributed by atoms with E-state index in [0.29, 0.717) is 38.5 Å². The van der Waals surface area contributed by atoms with Crippen LogP contribution in [0, 0.1) is 19.7 Å². The molecule has 31 heavy (non-hydrogen) atoms. The van der Waals surface area contributed by atoms with Gasteiger partial charge in [0.15, 0.2) is 0 Å². The lowest BCUT2D eigenvalue weighted by molar-refractivity contribution is 0.221. The van der Waals surface area contributed by atoms with Crippen LogP contribution in [0.1, 0.15) is 30.5 Å². The molecule has 0 saturated carbocycles. The highest BCUT2D eigenvalue weighted by molar-refractivity contribution is 7.17. The number of rotatable bonds is 4. The van der Waals surface area contributed by atoms with Gasteiger partial charge in [0.1, 0.15) is 27.7 Å². The van der Waals surface area contributed by atoms with E-state index in [4.69, 9.17) is 4.74 Å². The van der Waals surface area contributed by atoms with Crippen LogP contribution in [0.25, 0.3) is 21.2 Å². The molecule has 0 spiro atoms. The number of aryl methyl sites for hydroxylation is 3. The van der Waals surface area contributed by atoms with Gasteiger partial charge in [0.2, 0.25) is 0 Å². The maximum Gasteiger partial charge on any atom is 0.268 e. The fourth-order valence-electron chi connectivity index (χ4n) is 3.75. The van der Waals surface area contributed by atoms with E-state index in [9.17, 15) is 13.6 Å². The lowest BCUT2D eigenvalue weighted by atomic mass is 9.94. The molecule has 0 amide bonds. The summed E-state index contributed by atoms with van der Waals surface area (Å²) in [7, 11) is 1.70. The Bertz CT molecular complexity index is 1340. The number of hydrogen-bond donors (Lipinski definition) is 0. The summed E-state index contributed by atoms with van der Waals surface area (Å²) in [5.74, 6) is 0.744. The zero-order chi connectivity index (χ0) is 22.5. The van der Waals surface area contributed by atoms with Gasteiger partial charge in [-0.25, -0.2) is 8.78 Å². The van der Waals surface area contributed by atoms with Gasteiger partial charge in [0.05, 0.1) is 0 Å². The number of aromatic nitrogens is 1. The first-order valence-corrected chi connectivity index (χ1v) is 10.8. The summed E-state index contributed by atoms with van der Waals surface area (Å²) in [6, 6.07) is 9.93.